The molecule has 2 nitrogen and oxygen atoms in total. The zero-order chi connectivity index (χ0) is 12.0. The van der Waals surface area contributed by atoms with Gasteiger partial charge in [-0.15, -0.1) is 11.8 Å². The first-order valence-corrected chi connectivity index (χ1v) is 6.74. The van der Waals surface area contributed by atoms with Crippen molar-refractivity contribution in [2.45, 2.75) is 25.3 Å². The number of rotatable bonds is 6. The molecule has 0 aromatic heterocycles. The molecule has 0 heterocycles. The SMILES string of the molecule is CSc1ccc(CNCC(C)(C)CO)cc1. The maximum atomic E-state index is 9.12. The predicted molar refractivity (Wildman–Crippen MR) is 70.8 cm³/mol. The van der Waals surface area contributed by atoms with Crippen LogP contribution < -0.4 is 5.32 Å². The van der Waals surface area contributed by atoms with Crippen LogP contribution in [0.4, 0.5) is 0 Å². The molecule has 2 N–H and O–H groups in total. The number of aliphatic hydroxyl groups is 1. The lowest BCUT2D eigenvalue weighted by Gasteiger charge is -2.21. The van der Waals surface area contributed by atoms with E-state index in [1.165, 1.54) is 10.5 Å². The van der Waals surface area contributed by atoms with Gasteiger partial charge in [0.15, 0.2) is 0 Å². The molecule has 0 aliphatic carbocycles. The number of benzene rings is 1. The van der Waals surface area contributed by atoms with Crippen LogP contribution in [0.25, 0.3) is 0 Å². The maximum Gasteiger partial charge on any atom is 0.0494 e. The van der Waals surface area contributed by atoms with Crippen molar-refractivity contribution in [3.05, 3.63) is 29.8 Å². The minimum atomic E-state index is -0.0424. The molecular formula is C13H21NOS. The molecule has 1 aromatic carbocycles. The summed E-state index contributed by atoms with van der Waals surface area (Å²) < 4.78 is 0. The number of thioether (sulfide) groups is 1. The molecule has 0 aliphatic heterocycles. The fourth-order valence-corrected chi connectivity index (χ4v) is 1.75. The van der Waals surface area contributed by atoms with Gasteiger partial charge in [0.1, 0.15) is 0 Å². The topological polar surface area (TPSA) is 32.3 Å². The van der Waals surface area contributed by atoms with Gasteiger partial charge in [0.2, 0.25) is 0 Å². The van der Waals surface area contributed by atoms with Crippen molar-refractivity contribution in [3.63, 3.8) is 0 Å². The van der Waals surface area contributed by atoms with E-state index in [4.69, 9.17) is 5.11 Å². The lowest BCUT2D eigenvalue weighted by atomic mass is 9.95. The molecule has 0 saturated carbocycles. The monoisotopic (exact) mass is 239 g/mol. The molecule has 1 rings (SSSR count). The first-order valence-electron chi connectivity index (χ1n) is 5.52. The van der Waals surface area contributed by atoms with Gasteiger partial charge in [-0.1, -0.05) is 26.0 Å². The molecule has 0 unspecified atom stereocenters. The average Bonchev–Trinajstić information content (AvgIpc) is 2.30. The Morgan fingerprint density at radius 3 is 2.38 bits per heavy atom. The maximum absolute atomic E-state index is 9.12. The third-order valence-corrected chi connectivity index (χ3v) is 3.26. The zero-order valence-corrected chi connectivity index (χ0v) is 11.1. The first kappa shape index (κ1) is 13.6. The molecular weight excluding hydrogens is 218 g/mol. The van der Waals surface area contributed by atoms with Crippen LogP contribution in [0.3, 0.4) is 0 Å². The Bertz CT molecular complexity index is 308. The summed E-state index contributed by atoms with van der Waals surface area (Å²) in [7, 11) is 0. The summed E-state index contributed by atoms with van der Waals surface area (Å²) in [6, 6.07) is 8.56. The van der Waals surface area contributed by atoms with Crippen molar-refractivity contribution < 1.29 is 5.11 Å². The smallest absolute Gasteiger partial charge is 0.0494 e. The Morgan fingerprint density at radius 1 is 1.25 bits per heavy atom. The van der Waals surface area contributed by atoms with E-state index in [9.17, 15) is 0 Å². The van der Waals surface area contributed by atoms with Crippen LogP contribution in [0.5, 0.6) is 0 Å². The summed E-state index contributed by atoms with van der Waals surface area (Å²) in [6.45, 7) is 6.00. The van der Waals surface area contributed by atoms with Crippen LogP contribution in [-0.2, 0) is 6.54 Å². The highest BCUT2D eigenvalue weighted by atomic mass is 32.2. The Morgan fingerprint density at radius 2 is 1.88 bits per heavy atom. The van der Waals surface area contributed by atoms with Crippen molar-refractivity contribution in [1.29, 1.82) is 0 Å². The van der Waals surface area contributed by atoms with Crippen molar-refractivity contribution in [3.8, 4) is 0 Å². The van der Waals surface area contributed by atoms with Crippen LogP contribution in [0.1, 0.15) is 19.4 Å². The molecule has 0 aliphatic rings. The van der Waals surface area contributed by atoms with Crippen LogP contribution in [0.15, 0.2) is 29.2 Å². The van der Waals surface area contributed by atoms with E-state index in [1.54, 1.807) is 11.8 Å². The third kappa shape index (κ3) is 4.56. The molecule has 0 saturated heterocycles. The van der Waals surface area contributed by atoms with Crippen molar-refractivity contribution in [1.82, 2.24) is 5.32 Å². The molecule has 0 spiro atoms. The number of nitrogens with one attached hydrogen (secondary N) is 1. The van der Waals surface area contributed by atoms with Gasteiger partial charge in [0.25, 0.3) is 0 Å². The summed E-state index contributed by atoms with van der Waals surface area (Å²) in [5.74, 6) is 0. The van der Waals surface area contributed by atoms with E-state index >= 15 is 0 Å². The van der Waals surface area contributed by atoms with E-state index in [0.29, 0.717) is 0 Å². The van der Waals surface area contributed by atoms with Gasteiger partial charge in [-0.2, -0.15) is 0 Å². The summed E-state index contributed by atoms with van der Waals surface area (Å²) in [4.78, 5) is 1.29. The normalized spacial score (nSPS) is 11.8. The second-order valence-electron chi connectivity index (χ2n) is 4.77. The minimum Gasteiger partial charge on any atom is -0.396 e. The summed E-state index contributed by atoms with van der Waals surface area (Å²) in [5.41, 5.74) is 1.24. The second kappa shape index (κ2) is 6.28. The summed E-state index contributed by atoms with van der Waals surface area (Å²) in [6.07, 6.45) is 2.08. The van der Waals surface area contributed by atoms with E-state index in [2.05, 4.69) is 49.7 Å². The Labute approximate surface area is 102 Å². The zero-order valence-electron chi connectivity index (χ0n) is 10.3. The molecule has 0 atom stereocenters. The quantitative estimate of drug-likeness (QED) is 0.748. The number of hydrogen-bond acceptors (Lipinski definition) is 3. The predicted octanol–water partition coefficient (Wildman–Crippen LogP) is 2.52. The lowest BCUT2D eigenvalue weighted by molar-refractivity contribution is 0.156. The average molecular weight is 239 g/mol. The Balaban J connectivity index is 2.37. The van der Waals surface area contributed by atoms with Crippen LogP contribution in [0, 0.1) is 5.41 Å². The fourth-order valence-electron chi connectivity index (χ4n) is 1.34. The van der Waals surface area contributed by atoms with Crippen LogP contribution >= 0.6 is 11.8 Å². The van der Waals surface area contributed by atoms with Gasteiger partial charge >= 0.3 is 0 Å². The molecule has 0 amide bonds. The highest BCUT2D eigenvalue weighted by Gasteiger charge is 2.15. The summed E-state index contributed by atoms with van der Waals surface area (Å²) >= 11 is 1.76. The van der Waals surface area contributed by atoms with Gasteiger partial charge in [0, 0.05) is 30.0 Å². The molecule has 0 bridgehead atoms. The lowest BCUT2D eigenvalue weighted by Crippen LogP contribution is -2.31. The van der Waals surface area contributed by atoms with Crippen molar-refractivity contribution in [2.75, 3.05) is 19.4 Å². The fraction of sp³-hybridized carbons (Fsp3) is 0.538. The summed E-state index contributed by atoms with van der Waals surface area (Å²) in [5, 5.41) is 12.5. The van der Waals surface area contributed by atoms with E-state index in [0.717, 1.165) is 13.1 Å². The molecule has 3 heteroatoms. The minimum absolute atomic E-state index is 0.0424. The van der Waals surface area contributed by atoms with E-state index in [-0.39, 0.29) is 12.0 Å². The van der Waals surface area contributed by atoms with Gasteiger partial charge in [0.05, 0.1) is 0 Å². The van der Waals surface area contributed by atoms with Crippen LogP contribution in [-0.4, -0.2) is 24.5 Å². The third-order valence-electron chi connectivity index (χ3n) is 2.52. The van der Waals surface area contributed by atoms with Gasteiger partial charge in [-0.3, -0.25) is 0 Å². The number of hydrogen-bond donors (Lipinski definition) is 2. The number of aliphatic hydroxyl groups excluding tert-OH is 1. The van der Waals surface area contributed by atoms with E-state index < -0.39 is 0 Å². The molecule has 0 radical (unpaired) electrons. The van der Waals surface area contributed by atoms with Crippen molar-refractivity contribution in [2.24, 2.45) is 5.41 Å². The van der Waals surface area contributed by atoms with Crippen LogP contribution in [0.2, 0.25) is 0 Å². The van der Waals surface area contributed by atoms with Gasteiger partial charge in [-0.25, -0.2) is 0 Å². The standard InChI is InChI=1S/C13H21NOS/c1-13(2,10-15)9-14-8-11-4-6-12(16-3)7-5-11/h4-7,14-15H,8-10H2,1-3H3. The Hall–Kier alpha value is -0.510. The largest absolute Gasteiger partial charge is 0.396 e. The molecule has 0 fully saturated rings. The Kier molecular flexibility index (Phi) is 5.32. The van der Waals surface area contributed by atoms with Gasteiger partial charge in [-0.05, 0) is 24.0 Å². The van der Waals surface area contributed by atoms with Crippen molar-refractivity contribution >= 4 is 11.8 Å². The molecule has 16 heavy (non-hydrogen) atoms. The van der Waals surface area contributed by atoms with E-state index in [1.807, 2.05) is 0 Å². The second-order valence-corrected chi connectivity index (χ2v) is 5.65. The molecule has 90 valence electrons. The van der Waals surface area contributed by atoms with Gasteiger partial charge < -0.3 is 10.4 Å². The first-order chi connectivity index (χ1) is 7.57. The highest BCUT2D eigenvalue weighted by Crippen LogP contribution is 2.15. The highest BCUT2D eigenvalue weighted by molar-refractivity contribution is 7.98. The molecule has 1 aromatic rings.